The van der Waals surface area contributed by atoms with Crippen LogP contribution in [0.5, 0.6) is 0 Å². The summed E-state index contributed by atoms with van der Waals surface area (Å²) in [7, 11) is 0. The van der Waals surface area contributed by atoms with E-state index in [4.69, 9.17) is 46.4 Å². The SMILES string of the molecule is Clc1ccc2cc3c(Cl)c(Cl)ccc3cc2c1Cl. The zero-order chi connectivity index (χ0) is 12.9. The van der Waals surface area contributed by atoms with E-state index in [1.807, 2.05) is 24.3 Å². The predicted octanol–water partition coefficient (Wildman–Crippen LogP) is 6.61. The van der Waals surface area contributed by atoms with E-state index in [1.54, 1.807) is 12.1 Å². The van der Waals surface area contributed by atoms with Gasteiger partial charge in [-0.3, -0.25) is 0 Å². The van der Waals surface area contributed by atoms with Crippen molar-refractivity contribution in [2.45, 2.75) is 0 Å². The molecule has 0 spiro atoms. The topological polar surface area (TPSA) is 0 Å². The first-order chi connectivity index (χ1) is 8.58. The summed E-state index contributed by atoms with van der Waals surface area (Å²) in [4.78, 5) is 0. The highest BCUT2D eigenvalue weighted by molar-refractivity contribution is 6.47. The van der Waals surface area contributed by atoms with Crippen LogP contribution in [0.2, 0.25) is 20.1 Å². The Morgan fingerprint density at radius 1 is 0.556 bits per heavy atom. The summed E-state index contributed by atoms with van der Waals surface area (Å²) in [6.45, 7) is 0. The molecule has 3 aromatic carbocycles. The summed E-state index contributed by atoms with van der Waals surface area (Å²) in [5, 5.41) is 6.00. The molecule has 0 nitrogen and oxygen atoms in total. The summed E-state index contributed by atoms with van der Waals surface area (Å²) < 4.78 is 0. The van der Waals surface area contributed by atoms with E-state index >= 15 is 0 Å². The van der Waals surface area contributed by atoms with Crippen molar-refractivity contribution in [3.05, 3.63) is 56.5 Å². The van der Waals surface area contributed by atoms with Gasteiger partial charge < -0.3 is 0 Å². The minimum Gasteiger partial charge on any atom is -0.0827 e. The molecule has 0 fully saturated rings. The van der Waals surface area contributed by atoms with Crippen molar-refractivity contribution in [1.82, 2.24) is 0 Å². The van der Waals surface area contributed by atoms with Crippen molar-refractivity contribution in [1.29, 1.82) is 0 Å². The van der Waals surface area contributed by atoms with Crippen molar-refractivity contribution < 1.29 is 0 Å². The molecule has 0 aromatic heterocycles. The van der Waals surface area contributed by atoms with Crippen molar-refractivity contribution in [2.75, 3.05) is 0 Å². The molecule has 18 heavy (non-hydrogen) atoms. The highest BCUT2D eigenvalue weighted by Gasteiger charge is 2.08. The molecule has 0 aliphatic carbocycles. The third-order valence-electron chi connectivity index (χ3n) is 2.93. The van der Waals surface area contributed by atoms with Gasteiger partial charge in [0.15, 0.2) is 0 Å². The number of hydrogen-bond acceptors (Lipinski definition) is 0. The Labute approximate surface area is 124 Å². The number of fused-ring (bicyclic) bond motifs is 2. The average Bonchev–Trinajstić information content (AvgIpc) is 2.38. The van der Waals surface area contributed by atoms with Crippen LogP contribution in [0.1, 0.15) is 0 Å². The summed E-state index contributed by atoms with van der Waals surface area (Å²) >= 11 is 24.4. The molecule has 0 bridgehead atoms. The van der Waals surface area contributed by atoms with Gasteiger partial charge >= 0.3 is 0 Å². The van der Waals surface area contributed by atoms with Gasteiger partial charge in [-0.15, -0.1) is 0 Å². The molecule has 3 rings (SSSR count). The third-order valence-corrected chi connectivity index (χ3v) is 4.57. The third kappa shape index (κ3) is 1.85. The van der Waals surface area contributed by atoms with E-state index in [2.05, 4.69) is 0 Å². The van der Waals surface area contributed by atoms with Gasteiger partial charge in [-0.2, -0.15) is 0 Å². The molecule has 0 heterocycles. The van der Waals surface area contributed by atoms with E-state index in [0.717, 1.165) is 21.5 Å². The largest absolute Gasteiger partial charge is 0.0827 e. The second-order valence-corrected chi connectivity index (χ2v) is 5.59. The van der Waals surface area contributed by atoms with Gasteiger partial charge in [0.25, 0.3) is 0 Å². The molecule has 0 saturated carbocycles. The van der Waals surface area contributed by atoms with Crippen molar-refractivity contribution in [3.63, 3.8) is 0 Å². The number of rotatable bonds is 0. The lowest BCUT2D eigenvalue weighted by Gasteiger charge is -2.07. The van der Waals surface area contributed by atoms with Gasteiger partial charge in [0.05, 0.1) is 20.1 Å². The summed E-state index contributed by atoms with van der Waals surface area (Å²) in [6.07, 6.45) is 0. The Hall–Kier alpha value is -0.660. The van der Waals surface area contributed by atoms with Crippen LogP contribution < -0.4 is 0 Å². The Morgan fingerprint density at radius 3 is 1.33 bits per heavy atom. The summed E-state index contributed by atoms with van der Waals surface area (Å²) in [6, 6.07) is 11.3. The van der Waals surface area contributed by atoms with E-state index in [1.165, 1.54) is 0 Å². The minimum absolute atomic E-state index is 0.545. The Kier molecular flexibility index (Phi) is 3.07. The average molecular weight is 316 g/mol. The zero-order valence-corrected chi connectivity index (χ0v) is 12.0. The molecule has 0 radical (unpaired) electrons. The lowest BCUT2D eigenvalue weighted by Crippen LogP contribution is -1.80. The molecule has 0 N–H and O–H groups in total. The summed E-state index contributed by atoms with van der Waals surface area (Å²) in [5.74, 6) is 0. The van der Waals surface area contributed by atoms with Crippen LogP contribution in [0.3, 0.4) is 0 Å². The fourth-order valence-electron chi connectivity index (χ4n) is 2.02. The van der Waals surface area contributed by atoms with Gasteiger partial charge in [0.1, 0.15) is 0 Å². The van der Waals surface area contributed by atoms with Crippen LogP contribution >= 0.6 is 46.4 Å². The molecule has 0 aliphatic heterocycles. The molecule has 0 aliphatic rings. The fourth-order valence-corrected chi connectivity index (χ4v) is 2.80. The van der Waals surface area contributed by atoms with Crippen LogP contribution in [0.4, 0.5) is 0 Å². The first kappa shape index (κ1) is 12.4. The molecular weight excluding hydrogens is 310 g/mol. The Balaban J connectivity index is 2.51. The van der Waals surface area contributed by atoms with Gasteiger partial charge in [0.2, 0.25) is 0 Å². The predicted molar refractivity (Wildman–Crippen MR) is 81.5 cm³/mol. The Morgan fingerprint density at radius 2 is 0.944 bits per heavy atom. The van der Waals surface area contributed by atoms with Crippen LogP contribution in [0, 0.1) is 0 Å². The van der Waals surface area contributed by atoms with E-state index in [0.29, 0.717) is 20.1 Å². The van der Waals surface area contributed by atoms with Crippen LogP contribution in [0.25, 0.3) is 21.5 Å². The van der Waals surface area contributed by atoms with E-state index in [-0.39, 0.29) is 0 Å². The smallest absolute Gasteiger partial charge is 0.0670 e. The first-order valence-corrected chi connectivity index (χ1v) is 6.74. The second-order valence-electron chi connectivity index (χ2n) is 4.02. The maximum Gasteiger partial charge on any atom is 0.0670 e. The van der Waals surface area contributed by atoms with E-state index < -0.39 is 0 Å². The molecule has 0 saturated heterocycles. The van der Waals surface area contributed by atoms with Crippen molar-refractivity contribution in [3.8, 4) is 0 Å². The molecule has 0 atom stereocenters. The second kappa shape index (κ2) is 4.47. The standard InChI is InChI=1S/C14H6Cl4/c15-11-3-1-7-5-10-8(6-9(7)13(11)17)2-4-12(16)14(10)18/h1-6H. The number of benzene rings is 3. The van der Waals surface area contributed by atoms with E-state index in [9.17, 15) is 0 Å². The normalized spacial score (nSPS) is 11.3. The molecule has 90 valence electrons. The molecule has 4 heteroatoms. The number of hydrogen-bond donors (Lipinski definition) is 0. The molecular formula is C14H6Cl4. The Bertz CT molecular complexity index is 710. The van der Waals surface area contributed by atoms with Gasteiger partial charge in [0, 0.05) is 10.8 Å². The highest BCUT2D eigenvalue weighted by atomic mass is 35.5. The summed E-state index contributed by atoms with van der Waals surface area (Å²) in [5.41, 5.74) is 0. The zero-order valence-electron chi connectivity index (χ0n) is 8.98. The molecule has 3 aromatic rings. The fraction of sp³-hybridized carbons (Fsp3) is 0. The lowest BCUT2D eigenvalue weighted by molar-refractivity contribution is 1.76. The van der Waals surface area contributed by atoms with Crippen LogP contribution in [0.15, 0.2) is 36.4 Å². The maximum absolute atomic E-state index is 6.21. The van der Waals surface area contributed by atoms with Gasteiger partial charge in [-0.25, -0.2) is 0 Å². The number of halogens is 4. The minimum atomic E-state index is 0.545. The quantitative estimate of drug-likeness (QED) is 0.410. The van der Waals surface area contributed by atoms with Crippen LogP contribution in [-0.2, 0) is 0 Å². The molecule has 0 amide bonds. The highest BCUT2D eigenvalue weighted by Crippen LogP contribution is 2.37. The maximum atomic E-state index is 6.21. The van der Waals surface area contributed by atoms with Crippen LogP contribution in [-0.4, -0.2) is 0 Å². The van der Waals surface area contributed by atoms with Gasteiger partial charge in [-0.05, 0) is 35.0 Å². The van der Waals surface area contributed by atoms with Crippen molar-refractivity contribution in [2.24, 2.45) is 0 Å². The first-order valence-electron chi connectivity index (χ1n) is 5.23. The lowest BCUT2D eigenvalue weighted by atomic mass is 10.0. The molecule has 0 unspecified atom stereocenters. The monoisotopic (exact) mass is 314 g/mol. The van der Waals surface area contributed by atoms with Gasteiger partial charge in [-0.1, -0.05) is 58.5 Å². The van der Waals surface area contributed by atoms with Crippen molar-refractivity contribution >= 4 is 67.9 Å².